The van der Waals surface area contributed by atoms with Crippen LogP contribution in [0.15, 0.2) is 24.3 Å². The Hall–Kier alpha value is -1.51. The van der Waals surface area contributed by atoms with Gasteiger partial charge in [-0.2, -0.15) is 0 Å². The van der Waals surface area contributed by atoms with Crippen molar-refractivity contribution in [3.63, 3.8) is 0 Å². The third-order valence-electron chi connectivity index (χ3n) is 5.00. The highest BCUT2D eigenvalue weighted by molar-refractivity contribution is 5.77. The van der Waals surface area contributed by atoms with E-state index in [0.717, 1.165) is 24.2 Å². The molecular weight excluding hydrogens is 276 g/mol. The van der Waals surface area contributed by atoms with Gasteiger partial charge in [0, 0.05) is 0 Å². The summed E-state index contributed by atoms with van der Waals surface area (Å²) in [5.74, 6) is 1.19. The van der Waals surface area contributed by atoms with Gasteiger partial charge < -0.3 is 9.47 Å². The summed E-state index contributed by atoms with van der Waals surface area (Å²) >= 11 is 0. The van der Waals surface area contributed by atoms with Crippen LogP contribution < -0.4 is 4.74 Å². The predicted octanol–water partition coefficient (Wildman–Crippen LogP) is 4.39. The Labute approximate surface area is 134 Å². The summed E-state index contributed by atoms with van der Waals surface area (Å²) in [5, 5.41) is 0. The second-order valence-electron chi connectivity index (χ2n) is 6.46. The zero-order chi connectivity index (χ0) is 16.0. The summed E-state index contributed by atoms with van der Waals surface area (Å²) in [5.41, 5.74) is 0.622. The average molecular weight is 304 g/mol. The smallest absolute Gasteiger partial charge is 0.312 e. The molecule has 0 saturated heterocycles. The largest absolute Gasteiger partial charge is 0.496 e. The molecule has 1 unspecified atom stereocenters. The number of para-hydroxylation sites is 1. The minimum atomic E-state index is -0.467. The fourth-order valence-corrected chi connectivity index (χ4v) is 3.66. The van der Waals surface area contributed by atoms with Gasteiger partial charge in [-0.25, -0.2) is 0 Å². The molecule has 2 rings (SSSR count). The molecule has 3 nitrogen and oxygen atoms in total. The van der Waals surface area contributed by atoms with Gasteiger partial charge >= 0.3 is 5.97 Å². The van der Waals surface area contributed by atoms with Gasteiger partial charge in [-0.05, 0) is 50.7 Å². The van der Waals surface area contributed by atoms with E-state index in [1.54, 1.807) is 7.11 Å². The van der Waals surface area contributed by atoms with E-state index in [2.05, 4.69) is 13.0 Å². The first-order chi connectivity index (χ1) is 10.6. The third-order valence-corrected chi connectivity index (χ3v) is 5.00. The lowest BCUT2D eigenvalue weighted by molar-refractivity contribution is -0.158. The van der Waals surface area contributed by atoms with E-state index in [4.69, 9.17) is 9.47 Å². The number of carbonyl (C=O) groups excluding carboxylic acids is 1. The Balaban J connectivity index is 2.29. The molecule has 22 heavy (non-hydrogen) atoms. The van der Waals surface area contributed by atoms with Crippen molar-refractivity contribution in [3.05, 3.63) is 29.8 Å². The van der Waals surface area contributed by atoms with Crippen LogP contribution in [0.3, 0.4) is 0 Å². The topological polar surface area (TPSA) is 35.5 Å². The Morgan fingerprint density at radius 3 is 2.55 bits per heavy atom. The Bertz CT molecular complexity index is 491. The molecule has 0 aromatic heterocycles. The highest BCUT2D eigenvalue weighted by Crippen LogP contribution is 2.43. The second-order valence-corrected chi connectivity index (χ2v) is 6.46. The lowest BCUT2D eigenvalue weighted by atomic mass is 9.67. The summed E-state index contributed by atoms with van der Waals surface area (Å²) < 4.78 is 10.9. The number of methoxy groups -OCH3 is 1. The normalized spacial score (nSPS) is 18.5. The van der Waals surface area contributed by atoms with Gasteiger partial charge in [0.15, 0.2) is 0 Å². The van der Waals surface area contributed by atoms with Crippen LogP contribution in [-0.4, -0.2) is 19.7 Å². The number of benzene rings is 1. The summed E-state index contributed by atoms with van der Waals surface area (Å²) in [7, 11) is 1.68. The fraction of sp³-hybridized carbons (Fsp3) is 0.632. The number of esters is 1. The molecule has 1 atom stereocenters. The minimum absolute atomic E-state index is 0.0622. The van der Waals surface area contributed by atoms with E-state index < -0.39 is 5.41 Å². The van der Waals surface area contributed by atoms with Crippen LogP contribution in [0.5, 0.6) is 5.75 Å². The van der Waals surface area contributed by atoms with Gasteiger partial charge in [0.25, 0.3) is 0 Å². The van der Waals surface area contributed by atoms with E-state index in [1.807, 2.05) is 25.1 Å². The molecule has 3 heteroatoms. The highest BCUT2D eigenvalue weighted by atomic mass is 16.5. The van der Waals surface area contributed by atoms with E-state index in [1.165, 1.54) is 19.3 Å². The lowest BCUT2D eigenvalue weighted by Crippen LogP contribution is -2.40. The maximum Gasteiger partial charge on any atom is 0.312 e. The first kappa shape index (κ1) is 16.9. The summed E-state index contributed by atoms with van der Waals surface area (Å²) in [6.07, 6.45) is 6.62. The monoisotopic (exact) mass is 304 g/mol. The van der Waals surface area contributed by atoms with Crippen LogP contribution in [0.25, 0.3) is 0 Å². The third kappa shape index (κ3) is 3.63. The van der Waals surface area contributed by atoms with E-state index in [9.17, 15) is 4.79 Å². The Kier molecular flexibility index (Phi) is 5.87. The van der Waals surface area contributed by atoms with Gasteiger partial charge in [-0.3, -0.25) is 4.79 Å². The van der Waals surface area contributed by atoms with Crippen LogP contribution in [0.1, 0.15) is 51.5 Å². The maximum atomic E-state index is 12.7. The number of ether oxygens (including phenoxy) is 2. The van der Waals surface area contributed by atoms with Crippen molar-refractivity contribution in [1.82, 2.24) is 0 Å². The van der Waals surface area contributed by atoms with Gasteiger partial charge in [0.1, 0.15) is 5.75 Å². The minimum Gasteiger partial charge on any atom is -0.496 e. The molecule has 0 N–H and O–H groups in total. The van der Waals surface area contributed by atoms with Crippen molar-refractivity contribution in [2.45, 2.75) is 52.4 Å². The molecule has 0 aliphatic heterocycles. The number of hydrogen-bond acceptors (Lipinski definition) is 3. The van der Waals surface area contributed by atoms with Gasteiger partial charge in [0.05, 0.1) is 19.1 Å². The highest BCUT2D eigenvalue weighted by Gasteiger charge is 2.43. The molecule has 1 aromatic rings. The molecule has 0 heterocycles. The molecule has 0 spiro atoms. The quantitative estimate of drug-likeness (QED) is 0.731. The van der Waals surface area contributed by atoms with E-state index >= 15 is 0 Å². The molecule has 1 fully saturated rings. The van der Waals surface area contributed by atoms with Crippen LogP contribution in [-0.2, 0) is 16.0 Å². The molecule has 1 saturated carbocycles. The van der Waals surface area contributed by atoms with Crippen LogP contribution >= 0.6 is 0 Å². The SMILES string of the molecule is CCOC(=O)C(C)(Cc1ccccc1OC)C1CCCCC1. The van der Waals surface area contributed by atoms with Gasteiger partial charge in [-0.15, -0.1) is 0 Å². The van der Waals surface area contributed by atoms with Crippen molar-refractivity contribution in [2.75, 3.05) is 13.7 Å². The summed E-state index contributed by atoms with van der Waals surface area (Å²) in [6.45, 7) is 4.39. The second kappa shape index (κ2) is 7.66. The predicted molar refractivity (Wildman–Crippen MR) is 88.0 cm³/mol. The van der Waals surface area contributed by atoms with Gasteiger partial charge in [-0.1, -0.05) is 37.5 Å². The number of hydrogen-bond donors (Lipinski definition) is 0. The van der Waals surface area contributed by atoms with Crippen molar-refractivity contribution in [1.29, 1.82) is 0 Å². The molecule has 1 aliphatic carbocycles. The Morgan fingerprint density at radius 1 is 1.23 bits per heavy atom. The maximum absolute atomic E-state index is 12.7. The van der Waals surface area contributed by atoms with Crippen molar-refractivity contribution in [2.24, 2.45) is 11.3 Å². The standard InChI is InChI=1S/C19H28O3/c1-4-22-18(20)19(2,16-11-6-5-7-12-16)14-15-10-8-9-13-17(15)21-3/h8-10,13,16H,4-7,11-12,14H2,1-3H3. The zero-order valence-electron chi connectivity index (χ0n) is 14.1. The average Bonchev–Trinajstić information content (AvgIpc) is 2.56. The van der Waals surface area contributed by atoms with Gasteiger partial charge in [0.2, 0.25) is 0 Å². The summed E-state index contributed by atoms with van der Waals surface area (Å²) in [6, 6.07) is 7.98. The zero-order valence-corrected chi connectivity index (χ0v) is 14.1. The first-order valence-electron chi connectivity index (χ1n) is 8.41. The Morgan fingerprint density at radius 2 is 1.91 bits per heavy atom. The summed E-state index contributed by atoms with van der Waals surface area (Å²) in [4.78, 5) is 12.7. The van der Waals surface area contributed by atoms with Crippen LogP contribution in [0.4, 0.5) is 0 Å². The molecule has 1 aliphatic rings. The molecule has 0 radical (unpaired) electrons. The molecular formula is C19H28O3. The number of rotatable bonds is 6. The van der Waals surface area contributed by atoms with Crippen LogP contribution in [0, 0.1) is 11.3 Å². The molecule has 0 amide bonds. The lowest BCUT2D eigenvalue weighted by Gasteiger charge is -2.38. The molecule has 122 valence electrons. The first-order valence-corrected chi connectivity index (χ1v) is 8.41. The van der Waals surface area contributed by atoms with Crippen molar-refractivity contribution in [3.8, 4) is 5.75 Å². The van der Waals surface area contributed by atoms with Crippen molar-refractivity contribution < 1.29 is 14.3 Å². The molecule has 0 bridgehead atoms. The molecule has 1 aromatic carbocycles. The van der Waals surface area contributed by atoms with Crippen LogP contribution in [0.2, 0.25) is 0 Å². The fourth-order valence-electron chi connectivity index (χ4n) is 3.66. The van der Waals surface area contributed by atoms with Crippen molar-refractivity contribution >= 4 is 5.97 Å². The van der Waals surface area contributed by atoms with E-state index in [-0.39, 0.29) is 5.97 Å². The van der Waals surface area contributed by atoms with E-state index in [0.29, 0.717) is 18.9 Å². The number of carbonyl (C=O) groups is 1.